The largest absolute Gasteiger partial charge is 0.418 e. The number of ketones is 1. The fourth-order valence-electron chi connectivity index (χ4n) is 3.20. The molecule has 1 aliphatic heterocycles. The molecule has 3 heterocycles. The number of anilines is 1. The Bertz CT molecular complexity index is 847. The van der Waals surface area contributed by atoms with Crippen LogP contribution in [0.25, 0.3) is 0 Å². The highest BCUT2D eigenvalue weighted by Crippen LogP contribution is 2.34. The number of nitrogens with one attached hydrogen (secondary N) is 1. The second-order valence-electron chi connectivity index (χ2n) is 7.95. The number of carbonyl (C=O) groups is 1. The van der Waals surface area contributed by atoms with Gasteiger partial charge < -0.3 is 10.2 Å². The fourth-order valence-corrected chi connectivity index (χ4v) is 3.20. The quantitative estimate of drug-likeness (QED) is 0.810. The molecule has 2 aromatic heterocycles. The Labute approximate surface area is 162 Å². The summed E-state index contributed by atoms with van der Waals surface area (Å²) < 4.78 is 40.5. The minimum absolute atomic E-state index is 0.0149. The van der Waals surface area contributed by atoms with Crippen molar-refractivity contribution in [2.24, 2.45) is 5.41 Å². The van der Waals surface area contributed by atoms with Gasteiger partial charge in [0.1, 0.15) is 11.5 Å². The van der Waals surface area contributed by atoms with Gasteiger partial charge in [-0.1, -0.05) is 20.8 Å². The van der Waals surface area contributed by atoms with Crippen molar-refractivity contribution in [2.75, 3.05) is 24.5 Å². The van der Waals surface area contributed by atoms with E-state index in [1.807, 2.05) is 4.90 Å². The van der Waals surface area contributed by atoms with Crippen LogP contribution in [0.15, 0.2) is 36.7 Å². The third-order valence-electron chi connectivity index (χ3n) is 4.87. The molecule has 150 valence electrons. The molecule has 1 atom stereocenters. The van der Waals surface area contributed by atoms with E-state index in [4.69, 9.17) is 0 Å². The molecule has 8 heteroatoms. The molecule has 5 nitrogen and oxygen atoms in total. The van der Waals surface area contributed by atoms with Gasteiger partial charge in [-0.2, -0.15) is 13.2 Å². The first-order valence-electron chi connectivity index (χ1n) is 9.08. The molecule has 1 unspecified atom stereocenters. The van der Waals surface area contributed by atoms with E-state index in [9.17, 15) is 18.0 Å². The summed E-state index contributed by atoms with van der Waals surface area (Å²) in [4.78, 5) is 22.6. The van der Waals surface area contributed by atoms with E-state index < -0.39 is 23.2 Å². The van der Waals surface area contributed by atoms with Crippen LogP contribution in [0.5, 0.6) is 0 Å². The highest BCUT2D eigenvalue weighted by Gasteiger charge is 2.37. The van der Waals surface area contributed by atoms with E-state index in [-0.39, 0.29) is 17.0 Å². The molecule has 1 saturated heterocycles. The molecule has 2 aromatic rings. The zero-order chi connectivity index (χ0) is 20.5. The minimum Gasteiger partial charge on any atom is -0.354 e. The summed E-state index contributed by atoms with van der Waals surface area (Å²) in [6.07, 6.45) is -1.97. The maximum absolute atomic E-state index is 13.5. The van der Waals surface area contributed by atoms with Gasteiger partial charge in [0.05, 0.1) is 5.56 Å². The number of aromatic nitrogens is 2. The molecular weight excluding hydrogens is 369 g/mol. The molecule has 28 heavy (non-hydrogen) atoms. The summed E-state index contributed by atoms with van der Waals surface area (Å²) in [5.74, 6) is -0.416. The van der Waals surface area contributed by atoms with Gasteiger partial charge in [0.25, 0.3) is 0 Å². The van der Waals surface area contributed by atoms with Crippen LogP contribution in [0.3, 0.4) is 0 Å². The summed E-state index contributed by atoms with van der Waals surface area (Å²) in [6, 6.07) is 5.38. The van der Waals surface area contributed by atoms with Gasteiger partial charge in [0.2, 0.25) is 5.78 Å². The smallest absolute Gasteiger partial charge is 0.354 e. The first-order chi connectivity index (χ1) is 13.1. The van der Waals surface area contributed by atoms with Crippen LogP contribution < -0.4 is 10.2 Å². The van der Waals surface area contributed by atoms with E-state index >= 15 is 0 Å². The molecule has 1 N–H and O–H groups in total. The Morgan fingerprint density at radius 3 is 2.57 bits per heavy atom. The highest BCUT2D eigenvalue weighted by atomic mass is 19.4. The Hall–Kier alpha value is -2.48. The zero-order valence-corrected chi connectivity index (χ0v) is 16.0. The standard InChI is InChI=1S/C20H23F3N4O/c1-19(2,3)15-12-27(10-9-25-15)16-7-6-14(20(21,22)23)17(26-16)18(28)13-5-4-8-24-11-13/h4-8,11,15,25H,9-10,12H2,1-3H3. The van der Waals surface area contributed by atoms with E-state index in [1.54, 1.807) is 0 Å². The van der Waals surface area contributed by atoms with Gasteiger partial charge in [0, 0.05) is 43.6 Å². The van der Waals surface area contributed by atoms with Gasteiger partial charge in [-0.25, -0.2) is 4.98 Å². The number of hydrogen-bond donors (Lipinski definition) is 1. The third-order valence-corrected chi connectivity index (χ3v) is 4.87. The average Bonchev–Trinajstić information content (AvgIpc) is 2.66. The normalized spacial score (nSPS) is 18.2. The van der Waals surface area contributed by atoms with Crippen LogP contribution in [0.2, 0.25) is 0 Å². The van der Waals surface area contributed by atoms with Gasteiger partial charge in [0.15, 0.2) is 0 Å². The van der Waals surface area contributed by atoms with Crippen molar-refractivity contribution in [1.29, 1.82) is 0 Å². The van der Waals surface area contributed by atoms with Crippen LogP contribution in [0, 0.1) is 5.41 Å². The van der Waals surface area contributed by atoms with Crippen molar-refractivity contribution in [3.63, 3.8) is 0 Å². The SMILES string of the molecule is CC(C)(C)C1CN(c2ccc(C(F)(F)F)c(C(=O)c3cccnc3)n2)CCN1. The summed E-state index contributed by atoms with van der Waals surface area (Å²) in [5, 5.41) is 3.43. The van der Waals surface area contributed by atoms with Crippen LogP contribution >= 0.6 is 0 Å². The molecule has 0 saturated carbocycles. The molecule has 0 radical (unpaired) electrons. The zero-order valence-electron chi connectivity index (χ0n) is 16.0. The van der Waals surface area contributed by atoms with Gasteiger partial charge in [-0.3, -0.25) is 9.78 Å². The van der Waals surface area contributed by atoms with E-state index in [0.717, 1.165) is 6.07 Å². The Balaban J connectivity index is 2.00. The Morgan fingerprint density at radius 2 is 1.96 bits per heavy atom. The molecule has 1 fully saturated rings. The maximum Gasteiger partial charge on any atom is 0.418 e. The summed E-state index contributed by atoms with van der Waals surface area (Å²) in [7, 11) is 0. The lowest BCUT2D eigenvalue weighted by Crippen LogP contribution is -2.56. The molecule has 0 amide bonds. The predicted octanol–water partition coefficient (Wildman–Crippen LogP) is 3.55. The summed E-state index contributed by atoms with van der Waals surface area (Å²) in [5.41, 5.74) is -1.57. The van der Waals surface area contributed by atoms with Crippen molar-refractivity contribution in [3.05, 3.63) is 53.5 Å². The van der Waals surface area contributed by atoms with Crippen LogP contribution in [0.1, 0.15) is 42.4 Å². The lowest BCUT2D eigenvalue weighted by Gasteiger charge is -2.41. The van der Waals surface area contributed by atoms with Gasteiger partial charge >= 0.3 is 6.18 Å². The Kier molecular flexibility index (Phi) is 5.43. The highest BCUT2D eigenvalue weighted by molar-refractivity contribution is 6.08. The van der Waals surface area contributed by atoms with Gasteiger partial charge in [-0.15, -0.1) is 0 Å². The molecule has 1 aliphatic rings. The molecule has 3 rings (SSSR count). The number of nitrogens with zero attached hydrogens (tertiary/aromatic N) is 3. The van der Waals surface area contributed by atoms with E-state index in [0.29, 0.717) is 25.5 Å². The van der Waals surface area contributed by atoms with Crippen molar-refractivity contribution in [2.45, 2.75) is 33.0 Å². The van der Waals surface area contributed by atoms with Crippen LogP contribution in [-0.4, -0.2) is 41.4 Å². The second-order valence-corrected chi connectivity index (χ2v) is 7.95. The lowest BCUT2D eigenvalue weighted by atomic mass is 9.85. The second kappa shape index (κ2) is 7.50. The van der Waals surface area contributed by atoms with Crippen molar-refractivity contribution >= 4 is 11.6 Å². The summed E-state index contributed by atoms with van der Waals surface area (Å²) in [6.45, 7) is 8.20. The molecule has 0 aliphatic carbocycles. The predicted molar refractivity (Wildman–Crippen MR) is 100 cm³/mol. The average molecular weight is 392 g/mol. The maximum atomic E-state index is 13.5. The van der Waals surface area contributed by atoms with Crippen LogP contribution in [0.4, 0.5) is 19.0 Å². The number of carbonyl (C=O) groups excluding carboxylic acids is 1. The Morgan fingerprint density at radius 1 is 1.21 bits per heavy atom. The first kappa shape index (κ1) is 20.3. The monoisotopic (exact) mass is 392 g/mol. The van der Waals surface area contributed by atoms with Crippen molar-refractivity contribution < 1.29 is 18.0 Å². The minimum atomic E-state index is -4.67. The number of alkyl halides is 3. The lowest BCUT2D eigenvalue weighted by molar-refractivity contribution is -0.138. The van der Waals surface area contributed by atoms with Crippen LogP contribution in [-0.2, 0) is 6.18 Å². The molecule has 0 bridgehead atoms. The number of pyridine rings is 2. The number of piperazine rings is 1. The fraction of sp³-hybridized carbons (Fsp3) is 0.450. The van der Waals surface area contributed by atoms with E-state index in [1.165, 1.54) is 30.6 Å². The first-order valence-corrected chi connectivity index (χ1v) is 9.08. The number of hydrogen-bond acceptors (Lipinski definition) is 5. The third kappa shape index (κ3) is 4.32. The number of halogens is 3. The van der Waals surface area contributed by atoms with Crippen molar-refractivity contribution in [3.8, 4) is 0 Å². The van der Waals surface area contributed by atoms with Gasteiger partial charge in [-0.05, 0) is 29.7 Å². The number of rotatable bonds is 3. The molecular formula is C20H23F3N4O. The molecule has 0 spiro atoms. The van der Waals surface area contributed by atoms with Crippen molar-refractivity contribution in [1.82, 2.24) is 15.3 Å². The topological polar surface area (TPSA) is 58.1 Å². The van der Waals surface area contributed by atoms with E-state index in [2.05, 4.69) is 36.1 Å². The summed E-state index contributed by atoms with van der Waals surface area (Å²) >= 11 is 0. The molecule has 0 aromatic carbocycles.